The quantitative estimate of drug-likeness (QED) is 0.560. The topological polar surface area (TPSA) is 99.4 Å². The van der Waals surface area contributed by atoms with Crippen LogP contribution < -0.4 is 0 Å². The normalized spacial score (nSPS) is 35.3. The minimum atomic E-state index is -1.41. The third-order valence-electron chi connectivity index (χ3n) is 3.11. The van der Waals surface area contributed by atoms with Gasteiger partial charge in [0, 0.05) is 0 Å². The lowest BCUT2D eigenvalue weighted by molar-refractivity contribution is -0.304. The Hall–Kier alpha value is -1.02. The van der Waals surface area contributed by atoms with Gasteiger partial charge in [-0.3, -0.25) is 0 Å². The van der Waals surface area contributed by atoms with Gasteiger partial charge in [0.15, 0.2) is 6.29 Å². The van der Waals surface area contributed by atoms with E-state index in [9.17, 15) is 15.3 Å². The zero-order valence-corrected chi connectivity index (χ0v) is 10.3. The van der Waals surface area contributed by atoms with Crippen LogP contribution in [0, 0.1) is 0 Å². The van der Waals surface area contributed by atoms with Gasteiger partial charge in [-0.1, -0.05) is 30.3 Å². The van der Waals surface area contributed by atoms with Crippen molar-refractivity contribution in [2.75, 3.05) is 6.61 Å². The molecule has 0 radical (unpaired) electrons. The molecule has 0 aromatic heterocycles. The fourth-order valence-electron chi connectivity index (χ4n) is 1.96. The standard InChI is InChI=1S/C13H18O6/c14-6-9-10(15)11(16)12(17)13(19-9)18-7-8-4-2-1-3-5-8/h1-5,9-17H,6-7H2/t9-,10+,11-,12-,13?/m1/s1. The van der Waals surface area contributed by atoms with Crippen molar-refractivity contribution in [3.63, 3.8) is 0 Å². The second-order valence-corrected chi connectivity index (χ2v) is 4.49. The van der Waals surface area contributed by atoms with Crippen LogP contribution in [0.4, 0.5) is 0 Å². The zero-order chi connectivity index (χ0) is 13.8. The predicted octanol–water partition coefficient (Wildman–Crippen LogP) is -0.997. The number of rotatable bonds is 4. The van der Waals surface area contributed by atoms with Gasteiger partial charge in [-0.15, -0.1) is 0 Å². The SMILES string of the molecule is OC[C@H]1OC(OCc2ccccc2)[C@H](O)[C@H](O)[C@H]1O. The van der Waals surface area contributed by atoms with Crippen molar-refractivity contribution in [2.24, 2.45) is 0 Å². The van der Waals surface area contributed by atoms with Gasteiger partial charge in [-0.2, -0.15) is 0 Å². The maximum Gasteiger partial charge on any atom is 0.187 e. The van der Waals surface area contributed by atoms with Crippen LogP contribution in [-0.2, 0) is 16.1 Å². The van der Waals surface area contributed by atoms with E-state index in [1.807, 2.05) is 30.3 Å². The van der Waals surface area contributed by atoms with E-state index in [4.69, 9.17) is 14.6 Å². The molecule has 1 aliphatic heterocycles. The average molecular weight is 270 g/mol. The summed E-state index contributed by atoms with van der Waals surface area (Å²) in [5, 5.41) is 38.0. The molecule has 2 rings (SSSR count). The largest absolute Gasteiger partial charge is 0.394 e. The molecule has 4 N–H and O–H groups in total. The van der Waals surface area contributed by atoms with Crippen molar-refractivity contribution in [3.05, 3.63) is 35.9 Å². The van der Waals surface area contributed by atoms with E-state index in [2.05, 4.69) is 0 Å². The highest BCUT2D eigenvalue weighted by atomic mass is 16.7. The summed E-state index contributed by atoms with van der Waals surface area (Å²) in [5.74, 6) is 0. The molecule has 106 valence electrons. The number of aliphatic hydroxyl groups is 4. The molecule has 1 heterocycles. The summed E-state index contributed by atoms with van der Waals surface area (Å²) in [6.07, 6.45) is -6.17. The molecular formula is C13H18O6. The van der Waals surface area contributed by atoms with Gasteiger partial charge in [-0.05, 0) is 5.56 Å². The summed E-state index contributed by atoms with van der Waals surface area (Å²) in [7, 11) is 0. The molecule has 0 aliphatic carbocycles. The third kappa shape index (κ3) is 3.30. The van der Waals surface area contributed by atoms with Crippen LogP contribution >= 0.6 is 0 Å². The molecule has 0 bridgehead atoms. The Kier molecular flexibility index (Phi) is 4.87. The average Bonchev–Trinajstić information content (AvgIpc) is 2.45. The highest BCUT2D eigenvalue weighted by molar-refractivity contribution is 5.13. The Morgan fingerprint density at radius 1 is 1.00 bits per heavy atom. The van der Waals surface area contributed by atoms with Crippen LogP contribution in [0.15, 0.2) is 30.3 Å². The number of ether oxygens (including phenoxy) is 2. The molecule has 5 atom stereocenters. The molecule has 1 unspecified atom stereocenters. The van der Waals surface area contributed by atoms with Crippen molar-refractivity contribution >= 4 is 0 Å². The molecule has 1 saturated heterocycles. The Bertz CT molecular complexity index is 382. The fourth-order valence-corrected chi connectivity index (χ4v) is 1.96. The van der Waals surface area contributed by atoms with E-state index in [1.165, 1.54) is 0 Å². The van der Waals surface area contributed by atoms with Crippen LogP contribution in [0.3, 0.4) is 0 Å². The van der Waals surface area contributed by atoms with Crippen molar-refractivity contribution in [3.8, 4) is 0 Å². The maximum absolute atomic E-state index is 9.76. The van der Waals surface area contributed by atoms with Gasteiger partial charge >= 0.3 is 0 Å². The monoisotopic (exact) mass is 270 g/mol. The second kappa shape index (κ2) is 6.42. The van der Waals surface area contributed by atoms with E-state index >= 15 is 0 Å². The lowest BCUT2D eigenvalue weighted by Crippen LogP contribution is -2.59. The Balaban J connectivity index is 1.95. The van der Waals surface area contributed by atoms with Crippen LogP contribution in [0.25, 0.3) is 0 Å². The van der Waals surface area contributed by atoms with Crippen molar-refractivity contribution in [1.82, 2.24) is 0 Å². The molecule has 0 spiro atoms. The van der Waals surface area contributed by atoms with Crippen molar-refractivity contribution < 1.29 is 29.9 Å². The minimum absolute atomic E-state index is 0.198. The Morgan fingerprint density at radius 3 is 2.32 bits per heavy atom. The van der Waals surface area contributed by atoms with Crippen LogP contribution in [0.2, 0.25) is 0 Å². The molecule has 19 heavy (non-hydrogen) atoms. The second-order valence-electron chi connectivity index (χ2n) is 4.49. The highest BCUT2D eigenvalue weighted by Gasteiger charge is 2.43. The molecule has 6 heteroatoms. The summed E-state index contributed by atoms with van der Waals surface area (Å²) in [6.45, 7) is -0.264. The summed E-state index contributed by atoms with van der Waals surface area (Å²) >= 11 is 0. The first-order chi connectivity index (χ1) is 9.13. The molecule has 1 aliphatic rings. The van der Waals surface area contributed by atoms with E-state index in [1.54, 1.807) is 0 Å². The molecule has 0 saturated carbocycles. The lowest BCUT2D eigenvalue weighted by atomic mass is 9.99. The molecule has 1 aromatic carbocycles. The van der Waals surface area contributed by atoms with Gasteiger partial charge in [0.2, 0.25) is 0 Å². The summed E-state index contributed by atoms with van der Waals surface area (Å²) in [5.41, 5.74) is 0.888. The van der Waals surface area contributed by atoms with Gasteiger partial charge < -0.3 is 29.9 Å². The summed E-state index contributed by atoms with van der Waals surface area (Å²) < 4.78 is 10.6. The maximum atomic E-state index is 9.76. The van der Waals surface area contributed by atoms with Crippen LogP contribution in [-0.4, -0.2) is 57.7 Å². The molecular weight excluding hydrogens is 252 g/mol. The Labute approximate surface area is 110 Å². The smallest absolute Gasteiger partial charge is 0.187 e. The predicted molar refractivity (Wildman–Crippen MR) is 65.0 cm³/mol. The first-order valence-electron chi connectivity index (χ1n) is 6.09. The lowest BCUT2D eigenvalue weighted by Gasteiger charge is -2.39. The number of hydrogen-bond acceptors (Lipinski definition) is 6. The molecule has 1 aromatic rings. The van der Waals surface area contributed by atoms with Gasteiger partial charge in [0.05, 0.1) is 13.2 Å². The van der Waals surface area contributed by atoms with Gasteiger partial charge in [0.25, 0.3) is 0 Å². The van der Waals surface area contributed by atoms with Crippen LogP contribution in [0.1, 0.15) is 5.56 Å². The Morgan fingerprint density at radius 2 is 1.68 bits per heavy atom. The molecule has 6 nitrogen and oxygen atoms in total. The van der Waals surface area contributed by atoms with Crippen molar-refractivity contribution in [1.29, 1.82) is 0 Å². The number of aliphatic hydroxyl groups excluding tert-OH is 4. The van der Waals surface area contributed by atoms with E-state index in [0.717, 1.165) is 5.56 Å². The van der Waals surface area contributed by atoms with E-state index in [0.29, 0.717) is 0 Å². The first kappa shape index (κ1) is 14.4. The van der Waals surface area contributed by atoms with Gasteiger partial charge in [-0.25, -0.2) is 0 Å². The van der Waals surface area contributed by atoms with E-state index < -0.39 is 37.3 Å². The zero-order valence-electron chi connectivity index (χ0n) is 10.3. The first-order valence-corrected chi connectivity index (χ1v) is 6.09. The van der Waals surface area contributed by atoms with Gasteiger partial charge in [0.1, 0.15) is 24.4 Å². The third-order valence-corrected chi connectivity index (χ3v) is 3.11. The van der Waals surface area contributed by atoms with E-state index in [-0.39, 0.29) is 6.61 Å². The summed E-state index contributed by atoms with van der Waals surface area (Å²) in [6, 6.07) is 9.28. The van der Waals surface area contributed by atoms with Crippen LogP contribution in [0.5, 0.6) is 0 Å². The molecule has 1 fully saturated rings. The van der Waals surface area contributed by atoms with Crippen molar-refractivity contribution in [2.45, 2.75) is 37.3 Å². The highest BCUT2D eigenvalue weighted by Crippen LogP contribution is 2.22. The summed E-state index contributed by atoms with van der Waals surface area (Å²) in [4.78, 5) is 0. The number of benzene rings is 1. The fraction of sp³-hybridized carbons (Fsp3) is 0.538. The molecule has 0 amide bonds. The minimum Gasteiger partial charge on any atom is -0.394 e. The number of hydrogen-bond donors (Lipinski definition) is 4.